The molecule has 108 valence electrons. The largest absolute Gasteiger partial charge is 0.480 e. The predicted molar refractivity (Wildman–Crippen MR) is 74.9 cm³/mol. The summed E-state index contributed by atoms with van der Waals surface area (Å²) >= 11 is 1.49. The van der Waals surface area contributed by atoms with Gasteiger partial charge >= 0.3 is 5.97 Å². The third-order valence-electron chi connectivity index (χ3n) is 3.28. The van der Waals surface area contributed by atoms with Crippen molar-refractivity contribution < 1.29 is 19.1 Å². The average Bonchev–Trinajstić information content (AvgIpc) is 2.85. The zero-order valence-electron chi connectivity index (χ0n) is 11.1. The normalized spacial score (nSPS) is 22.0. The third kappa shape index (κ3) is 3.12. The smallest absolute Gasteiger partial charge is 0.327 e. The van der Waals surface area contributed by atoms with Gasteiger partial charge in [0.15, 0.2) is 0 Å². The van der Waals surface area contributed by atoms with Gasteiger partial charge in [-0.1, -0.05) is 19.1 Å². The quantitative estimate of drug-likeness (QED) is 0.925. The number of carbonyl (C=O) groups excluding carboxylic acids is 1. The molecule has 0 aliphatic carbocycles. The monoisotopic (exact) mass is 297 g/mol. The summed E-state index contributed by atoms with van der Waals surface area (Å²) in [5, 5.41) is 9.10. The fourth-order valence-corrected chi connectivity index (χ4v) is 3.64. The Morgan fingerprint density at radius 3 is 2.60 bits per heavy atom. The Labute approximate surface area is 121 Å². The van der Waals surface area contributed by atoms with Crippen LogP contribution in [0.25, 0.3) is 0 Å². The molecule has 6 heteroatoms. The van der Waals surface area contributed by atoms with Crippen molar-refractivity contribution in [3.8, 4) is 0 Å². The maximum Gasteiger partial charge on any atom is 0.327 e. The molecular weight excluding hydrogens is 281 g/mol. The van der Waals surface area contributed by atoms with Crippen molar-refractivity contribution in [2.75, 3.05) is 5.75 Å². The maximum atomic E-state index is 12.8. The third-order valence-corrected chi connectivity index (χ3v) is 4.74. The van der Waals surface area contributed by atoms with E-state index in [4.69, 9.17) is 0 Å². The molecule has 20 heavy (non-hydrogen) atoms. The van der Waals surface area contributed by atoms with Gasteiger partial charge in [-0.15, -0.1) is 11.8 Å². The van der Waals surface area contributed by atoms with Gasteiger partial charge in [0.2, 0.25) is 5.91 Å². The highest BCUT2D eigenvalue weighted by atomic mass is 32.2. The zero-order chi connectivity index (χ0) is 14.7. The van der Waals surface area contributed by atoms with Crippen molar-refractivity contribution in [1.29, 1.82) is 0 Å². The van der Waals surface area contributed by atoms with Crippen LogP contribution >= 0.6 is 11.8 Å². The van der Waals surface area contributed by atoms with E-state index in [1.807, 2.05) is 6.92 Å². The summed E-state index contributed by atoms with van der Waals surface area (Å²) in [7, 11) is 0. The number of hydrogen-bond donors (Lipinski definition) is 1. The number of carboxylic acid groups (broad SMARTS) is 1. The molecule has 0 bridgehead atoms. The first-order chi connectivity index (χ1) is 9.52. The Bertz CT molecular complexity index is 506. The van der Waals surface area contributed by atoms with E-state index in [0.717, 1.165) is 0 Å². The van der Waals surface area contributed by atoms with Gasteiger partial charge in [0, 0.05) is 5.75 Å². The van der Waals surface area contributed by atoms with Crippen LogP contribution in [-0.2, 0) is 16.0 Å². The van der Waals surface area contributed by atoms with E-state index in [1.54, 1.807) is 12.1 Å². The molecule has 1 amide bonds. The van der Waals surface area contributed by atoms with Gasteiger partial charge in [0.05, 0.1) is 11.8 Å². The summed E-state index contributed by atoms with van der Waals surface area (Å²) in [6.07, 6.45) is 0.810. The van der Waals surface area contributed by atoms with Crippen molar-refractivity contribution in [3.05, 3.63) is 35.6 Å². The van der Waals surface area contributed by atoms with Crippen LogP contribution in [0, 0.1) is 5.82 Å². The van der Waals surface area contributed by atoms with Crippen LogP contribution < -0.4 is 0 Å². The second-order valence-corrected chi connectivity index (χ2v) is 5.87. The lowest BCUT2D eigenvalue weighted by Crippen LogP contribution is -2.46. The molecule has 2 rings (SSSR count). The molecule has 0 spiro atoms. The Morgan fingerprint density at radius 2 is 2.05 bits per heavy atom. The molecule has 1 aliphatic rings. The van der Waals surface area contributed by atoms with Crippen LogP contribution in [-0.4, -0.2) is 39.1 Å². The number of carboxylic acids is 1. The molecule has 1 aromatic rings. The van der Waals surface area contributed by atoms with E-state index in [2.05, 4.69) is 0 Å². The molecule has 1 fully saturated rings. The Balaban J connectivity index is 2.12. The number of nitrogens with zero attached hydrogens (tertiary/aromatic N) is 1. The second kappa shape index (κ2) is 6.26. The fraction of sp³-hybridized carbons (Fsp3) is 0.429. The maximum absolute atomic E-state index is 12.8. The topological polar surface area (TPSA) is 57.6 Å². The van der Waals surface area contributed by atoms with Gasteiger partial charge in [0.1, 0.15) is 11.9 Å². The number of aliphatic carboxylic acids is 1. The Morgan fingerprint density at radius 1 is 1.40 bits per heavy atom. The highest BCUT2D eigenvalue weighted by molar-refractivity contribution is 8.00. The first-order valence-corrected chi connectivity index (χ1v) is 7.47. The Hall–Kier alpha value is -1.56. The summed E-state index contributed by atoms with van der Waals surface area (Å²) in [5.41, 5.74) is 0.687. The highest BCUT2D eigenvalue weighted by Gasteiger charge is 2.40. The number of carbonyl (C=O) groups is 2. The average molecular weight is 297 g/mol. The van der Waals surface area contributed by atoms with Crippen LogP contribution in [0.2, 0.25) is 0 Å². The number of rotatable bonds is 4. The molecule has 0 radical (unpaired) electrons. The molecule has 4 nitrogen and oxygen atoms in total. The number of thioether (sulfide) groups is 1. The summed E-state index contributed by atoms with van der Waals surface area (Å²) in [5.74, 6) is -1.13. The molecule has 1 aromatic carbocycles. The second-order valence-electron chi connectivity index (χ2n) is 4.65. The number of amides is 1. The standard InChI is InChI=1S/C14H16FNO3S/c1-2-13-16(11(8-20-13)14(18)19)12(17)7-9-3-5-10(15)6-4-9/h3-6,11,13H,2,7-8H2,1H3,(H,18,19). The van der Waals surface area contributed by atoms with E-state index >= 15 is 0 Å². The first kappa shape index (κ1) is 14.8. The van der Waals surface area contributed by atoms with Gasteiger partial charge in [-0.05, 0) is 24.1 Å². The van der Waals surface area contributed by atoms with Crippen LogP contribution in [0.4, 0.5) is 4.39 Å². The minimum Gasteiger partial charge on any atom is -0.480 e. The van der Waals surface area contributed by atoms with E-state index in [1.165, 1.54) is 28.8 Å². The zero-order valence-corrected chi connectivity index (χ0v) is 11.9. The molecular formula is C14H16FNO3S. The number of halogens is 1. The summed E-state index contributed by atoms with van der Waals surface area (Å²) in [4.78, 5) is 25.0. The van der Waals surface area contributed by atoms with E-state index in [0.29, 0.717) is 17.7 Å². The van der Waals surface area contributed by atoms with Gasteiger partial charge in [0.25, 0.3) is 0 Å². The number of benzene rings is 1. The first-order valence-electron chi connectivity index (χ1n) is 6.43. The lowest BCUT2D eigenvalue weighted by molar-refractivity contribution is -0.148. The van der Waals surface area contributed by atoms with Crippen LogP contribution in [0.3, 0.4) is 0 Å². The lowest BCUT2D eigenvalue weighted by Gasteiger charge is -2.26. The molecule has 1 saturated heterocycles. The van der Waals surface area contributed by atoms with Crippen LogP contribution in [0.1, 0.15) is 18.9 Å². The minimum absolute atomic E-state index is 0.0935. The summed E-state index contributed by atoms with van der Waals surface area (Å²) < 4.78 is 12.8. The molecule has 0 aromatic heterocycles. The molecule has 1 heterocycles. The summed E-state index contributed by atoms with van der Waals surface area (Å²) in [6.45, 7) is 1.93. The van der Waals surface area contributed by atoms with Crippen molar-refractivity contribution in [2.45, 2.75) is 31.2 Å². The van der Waals surface area contributed by atoms with Crippen LogP contribution in [0.5, 0.6) is 0 Å². The van der Waals surface area contributed by atoms with Crippen molar-refractivity contribution >= 4 is 23.6 Å². The van der Waals surface area contributed by atoms with Gasteiger partial charge in [-0.2, -0.15) is 0 Å². The molecule has 1 aliphatic heterocycles. The molecule has 2 unspecified atom stereocenters. The van der Waals surface area contributed by atoms with E-state index in [9.17, 15) is 19.1 Å². The van der Waals surface area contributed by atoms with Crippen molar-refractivity contribution in [3.63, 3.8) is 0 Å². The van der Waals surface area contributed by atoms with Crippen molar-refractivity contribution in [1.82, 2.24) is 4.90 Å². The van der Waals surface area contributed by atoms with Crippen molar-refractivity contribution in [2.24, 2.45) is 0 Å². The van der Waals surface area contributed by atoms with Gasteiger partial charge in [-0.3, -0.25) is 4.79 Å². The summed E-state index contributed by atoms with van der Waals surface area (Å²) in [6, 6.07) is 4.93. The van der Waals surface area contributed by atoms with Crippen LogP contribution in [0.15, 0.2) is 24.3 Å². The highest BCUT2D eigenvalue weighted by Crippen LogP contribution is 2.31. The predicted octanol–water partition coefficient (Wildman–Crippen LogP) is 2.13. The number of hydrogen-bond acceptors (Lipinski definition) is 3. The SMILES string of the molecule is CCC1SCC(C(=O)O)N1C(=O)Cc1ccc(F)cc1. The fourth-order valence-electron chi connectivity index (χ4n) is 2.27. The van der Waals surface area contributed by atoms with Gasteiger partial charge < -0.3 is 10.0 Å². The minimum atomic E-state index is -0.971. The molecule has 0 saturated carbocycles. The van der Waals surface area contributed by atoms with E-state index < -0.39 is 12.0 Å². The van der Waals surface area contributed by atoms with Gasteiger partial charge in [-0.25, -0.2) is 9.18 Å². The van der Waals surface area contributed by atoms with E-state index in [-0.39, 0.29) is 23.5 Å². The lowest BCUT2D eigenvalue weighted by atomic mass is 10.1. The Kier molecular flexibility index (Phi) is 4.65. The molecule has 2 atom stereocenters. The molecule has 1 N–H and O–H groups in total.